The van der Waals surface area contributed by atoms with Crippen LogP contribution < -0.4 is 5.32 Å². The lowest BCUT2D eigenvalue weighted by molar-refractivity contribution is -0.152. The highest BCUT2D eigenvalue weighted by Crippen LogP contribution is 2.31. The molecule has 0 saturated heterocycles. The van der Waals surface area contributed by atoms with Crippen molar-refractivity contribution >= 4 is 18.0 Å². The Morgan fingerprint density at radius 3 is 2.42 bits per heavy atom. The van der Waals surface area contributed by atoms with Crippen LogP contribution in [0.3, 0.4) is 0 Å². The third kappa shape index (κ3) is 3.85. The molecule has 0 spiro atoms. The smallest absolute Gasteiger partial charge is 0.332 e. The van der Waals surface area contributed by atoms with E-state index in [2.05, 4.69) is 5.32 Å². The molecular weight excluding hydrogens is 326 g/mol. The van der Waals surface area contributed by atoms with Crippen molar-refractivity contribution in [3.8, 4) is 0 Å². The van der Waals surface area contributed by atoms with E-state index in [9.17, 15) is 9.59 Å². The normalized spacial score (nSPS) is 14.8. The number of benzene rings is 2. The molecule has 4 heteroatoms. The first-order valence-electron chi connectivity index (χ1n) is 8.83. The number of hydrogen-bond donors (Lipinski definition) is 1. The number of rotatable bonds is 5. The number of aryl methyl sites for hydroxylation is 1. The number of ether oxygens (including phenoxy) is 1. The van der Waals surface area contributed by atoms with Crippen LogP contribution in [0.15, 0.2) is 54.6 Å². The van der Waals surface area contributed by atoms with E-state index in [0.29, 0.717) is 12.8 Å². The van der Waals surface area contributed by atoms with Crippen molar-refractivity contribution in [2.24, 2.45) is 0 Å². The molecule has 0 unspecified atom stereocenters. The Morgan fingerprint density at radius 1 is 1.12 bits per heavy atom. The molecule has 2 aromatic carbocycles. The molecule has 1 amide bonds. The maximum atomic E-state index is 12.6. The van der Waals surface area contributed by atoms with E-state index in [-0.39, 0.29) is 18.5 Å². The number of fused-ring (bicyclic) bond motifs is 1. The van der Waals surface area contributed by atoms with Crippen LogP contribution in [0, 0.1) is 6.92 Å². The van der Waals surface area contributed by atoms with Gasteiger partial charge in [0.2, 0.25) is 5.91 Å². The summed E-state index contributed by atoms with van der Waals surface area (Å²) in [6.45, 7) is 4.06. The summed E-state index contributed by atoms with van der Waals surface area (Å²) in [6.07, 6.45) is 4.13. The van der Waals surface area contributed by atoms with Crippen molar-refractivity contribution in [3.63, 3.8) is 0 Å². The molecule has 0 aromatic heterocycles. The van der Waals surface area contributed by atoms with Crippen LogP contribution in [0.25, 0.3) is 6.08 Å². The van der Waals surface area contributed by atoms with Crippen molar-refractivity contribution in [2.45, 2.75) is 32.2 Å². The van der Waals surface area contributed by atoms with Crippen LogP contribution in [-0.2, 0) is 27.2 Å². The monoisotopic (exact) mass is 349 g/mol. The average molecular weight is 349 g/mol. The molecule has 0 atom stereocenters. The lowest BCUT2D eigenvalue weighted by atomic mass is 9.95. The number of hydrogen-bond acceptors (Lipinski definition) is 3. The van der Waals surface area contributed by atoms with Gasteiger partial charge in [-0.3, -0.25) is 4.79 Å². The van der Waals surface area contributed by atoms with Crippen molar-refractivity contribution in [1.29, 1.82) is 0 Å². The third-order valence-corrected chi connectivity index (χ3v) is 4.60. The minimum atomic E-state index is -1.03. The minimum absolute atomic E-state index is 0.284. The summed E-state index contributed by atoms with van der Waals surface area (Å²) in [7, 11) is 0. The first-order chi connectivity index (χ1) is 12.5. The predicted molar refractivity (Wildman–Crippen MR) is 102 cm³/mol. The second-order valence-electron chi connectivity index (χ2n) is 6.66. The SMILES string of the molecule is CCOC(=O)C1(NC(=O)/C=C/c2cccc(C)c2)Cc2ccccc2C1. The van der Waals surface area contributed by atoms with Crippen molar-refractivity contribution in [3.05, 3.63) is 76.9 Å². The van der Waals surface area contributed by atoms with E-state index in [4.69, 9.17) is 4.74 Å². The summed E-state index contributed by atoms with van der Waals surface area (Å²) < 4.78 is 5.26. The van der Waals surface area contributed by atoms with Gasteiger partial charge in [0.15, 0.2) is 0 Å². The Morgan fingerprint density at radius 2 is 1.81 bits per heavy atom. The van der Waals surface area contributed by atoms with Gasteiger partial charge < -0.3 is 10.1 Å². The van der Waals surface area contributed by atoms with Crippen molar-refractivity contribution < 1.29 is 14.3 Å². The van der Waals surface area contributed by atoms with Crippen LogP contribution in [0.4, 0.5) is 0 Å². The fourth-order valence-electron chi connectivity index (χ4n) is 3.39. The Kier molecular flexibility index (Phi) is 5.21. The zero-order chi connectivity index (χ0) is 18.6. The topological polar surface area (TPSA) is 55.4 Å². The molecule has 4 nitrogen and oxygen atoms in total. The van der Waals surface area contributed by atoms with E-state index >= 15 is 0 Å². The molecule has 0 heterocycles. The zero-order valence-electron chi connectivity index (χ0n) is 15.1. The van der Waals surface area contributed by atoms with Gasteiger partial charge in [-0.1, -0.05) is 54.1 Å². The van der Waals surface area contributed by atoms with Gasteiger partial charge in [-0.25, -0.2) is 4.79 Å². The van der Waals surface area contributed by atoms with Gasteiger partial charge in [-0.15, -0.1) is 0 Å². The largest absolute Gasteiger partial charge is 0.464 e. The number of carbonyl (C=O) groups excluding carboxylic acids is 2. The first-order valence-corrected chi connectivity index (χ1v) is 8.83. The molecule has 2 aromatic rings. The van der Waals surface area contributed by atoms with E-state index in [0.717, 1.165) is 22.3 Å². The fraction of sp³-hybridized carbons (Fsp3) is 0.273. The molecule has 1 aliphatic rings. The molecule has 0 aliphatic heterocycles. The molecule has 1 N–H and O–H groups in total. The highest BCUT2D eigenvalue weighted by Gasteiger charge is 2.46. The van der Waals surface area contributed by atoms with Crippen molar-refractivity contribution in [1.82, 2.24) is 5.32 Å². The van der Waals surface area contributed by atoms with Crippen LogP contribution in [0.1, 0.15) is 29.2 Å². The second kappa shape index (κ2) is 7.56. The van der Waals surface area contributed by atoms with Gasteiger partial charge in [0.1, 0.15) is 5.54 Å². The fourth-order valence-corrected chi connectivity index (χ4v) is 3.39. The Hall–Kier alpha value is -2.88. The zero-order valence-corrected chi connectivity index (χ0v) is 15.1. The quantitative estimate of drug-likeness (QED) is 0.666. The number of esters is 1. The van der Waals surface area contributed by atoms with Crippen LogP contribution in [0.5, 0.6) is 0 Å². The standard InChI is InChI=1S/C22H23NO3/c1-3-26-21(25)22(14-18-9-4-5-10-19(18)15-22)23-20(24)12-11-17-8-6-7-16(2)13-17/h4-13H,3,14-15H2,1-2H3,(H,23,24)/b12-11+. The third-order valence-electron chi connectivity index (χ3n) is 4.60. The average Bonchev–Trinajstić information content (AvgIpc) is 2.99. The molecule has 0 fully saturated rings. The van der Waals surface area contributed by atoms with Crippen LogP contribution in [-0.4, -0.2) is 24.0 Å². The van der Waals surface area contributed by atoms with Gasteiger partial charge in [-0.2, -0.15) is 0 Å². The Bertz CT molecular complexity index is 829. The molecule has 0 bridgehead atoms. The Balaban J connectivity index is 1.79. The molecule has 3 rings (SSSR count). The van der Waals surface area contributed by atoms with E-state index in [1.54, 1.807) is 13.0 Å². The van der Waals surface area contributed by atoms with Gasteiger partial charge in [0, 0.05) is 18.9 Å². The maximum absolute atomic E-state index is 12.6. The summed E-state index contributed by atoms with van der Waals surface area (Å²) in [5.74, 6) is -0.680. The van der Waals surface area contributed by atoms with Gasteiger partial charge in [0.05, 0.1) is 6.61 Å². The van der Waals surface area contributed by atoms with E-state index < -0.39 is 5.54 Å². The number of amides is 1. The van der Waals surface area contributed by atoms with Gasteiger partial charge in [-0.05, 0) is 36.6 Å². The summed E-state index contributed by atoms with van der Waals surface area (Å²) in [6, 6.07) is 15.7. The molecular formula is C22H23NO3. The Labute approximate surface area is 153 Å². The highest BCUT2D eigenvalue weighted by atomic mass is 16.5. The summed E-state index contributed by atoms with van der Waals surface area (Å²) in [4.78, 5) is 25.1. The summed E-state index contributed by atoms with van der Waals surface area (Å²) in [5, 5.41) is 2.91. The van der Waals surface area contributed by atoms with Crippen LogP contribution in [0.2, 0.25) is 0 Å². The van der Waals surface area contributed by atoms with Gasteiger partial charge >= 0.3 is 5.97 Å². The molecule has 134 valence electrons. The molecule has 0 radical (unpaired) electrons. The second-order valence-corrected chi connectivity index (χ2v) is 6.66. The number of nitrogens with one attached hydrogen (secondary N) is 1. The van der Waals surface area contributed by atoms with Crippen LogP contribution >= 0.6 is 0 Å². The van der Waals surface area contributed by atoms with E-state index in [1.165, 1.54) is 6.08 Å². The lowest BCUT2D eigenvalue weighted by Gasteiger charge is -2.27. The molecule has 0 saturated carbocycles. The predicted octanol–water partition coefficient (Wildman–Crippen LogP) is 3.23. The van der Waals surface area contributed by atoms with Crippen molar-refractivity contribution in [2.75, 3.05) is 6.61 Å². The molecule has 26 heavy (non-hydrogen) atoms. The first kappa shape index (κ1) is 17.9. The summed E-state index contributed by atoms with van der Waals surface area (Å²) >= 11 is 0. The van der Waals surface area contributed by atoms with E-state index in [1.807, 2.05) is 55.5 Å². The highest BCUT2D eigenvalue weighted by molar-refractivity contribution is 5.97. The molecule has 1 aliphatic carbocycles. The lowest BCUT2D eigenvalue weighted by Crippen LogP contribution is -2.55. The summed E-state index contributed by atoms with van der Waals surface area (Å²) in [5.41, 5.74) is 3.18. The maximum Gasteiger partial charge on any atom is 0.332 e. The minimum Gasteiger partial charge on any atom is -0.464 e. The number of carbonyl (C=O) groups is 2. The van der Waals surface area contributed by atoms with Gasteiger partial charge in [0.25, 0.3) is 0 Å².